The topological polar surface area (TPSA) is 68.9 Å². The van der Waals surface area contributed by atoms with E-state index in [1.165, 1.54) is 17.7 Å². The van der Waals surface area contributed by atoms with Crippen molar-refractivity contribution in [2.75, 3.05) is 0 Å². The number of aromatic nitrogens is 6. The molecule has 5 aromatic rings. The third kappa shape index (κ3) is 4.86. The van der Waals surface area contributed by atoms with E-state index in [9.17, 15) is 0 Å². The lowest BCUT2D eigenvalue weighted by Gasteiger charge is -2.16. The maximum absolute atomic E-state index is 5.01. The predicted molar refractivity (Wildman–Crippen MR) is 163 cm³/mol. The van der Waals surface area contributed by atoms with Crippen molar-refractivity contribution in [1.29, 1.82) is 0 Å². The normalized spacial score (nSPS) is 18.0. The number of imidazole rings is 1. The summed E-state index contributed by atoms with van der Waals surface area (Å²) < 4.78 is 2.09. The van der Waals surface area contributed by atoms with Gasteiger partial charge in [0.25, 0.3) is 0 Å². The van der Waals surface area contributed by atoms with Crippen molar-refractivity contribution >= 4 is 17.3 Å². The van der Waals surface area contributed by atoms with Crippen LogP contribution in [0.15, 0.2) is 115 Å². The number of hydrogen-bond acceptors (Lipinski definition) is 5. The summed E-state index contributed by atoms with van der Waals surface area (Å²) in [5, 5.41) is 0. The molecule has 6 heteroatoms. The monoisotopic (exact) mass is 532 g/mol. The second-order valence-electron chi connectivity index (χ2n) is 10.4. The van der Waals surface area contributed by atoms with Crippen molar-refractivity contribution in [3.8, 4) is 22.8 Å². The summed E-state index contributed by atoms with van der Waals surface area (Å²) in [6.07, 6.45) is 18.9. The molecule has 1 fully saturated rings. The SMILES string of the molecule is CC1=Cc2nc(-c3ccccn3)c(-c3ccccn3)nc2C2CC12.Cc1cccc2nc(C3=C=CC=CC=C3)cn12. The Labute approximate surface area is 238 Å². The maximum atomic E-state index is 5.01. The quantitative estimate of drug-likeness (QED) is 0.226. The number of allylic oxidation sites excluding steroid dienone is 6. The summed E-state index contributed by atoms with van der Waals surface area (Å²) in [7, 11) is 0. The zero-order chi connectivity index (χ0) is 27.8. The Bertz CT molecular complexity index is 1920. The molecule has 0 amide bonds. The Balaban J connectivity index is 0.000000143. The molecule has 3 aliphatic carbocycles. The van der Waals surface area contributed by atoms with E-state index >= 15 is 0 Å². The van der Waals surface area contributed by atoms with Crippen molar-refractivity contribution in [1.82, 2.24) is 29.3 Å². The van der Waals surface area contributed by atoms with Crippen LogP contribution in [-0.2, 0) is 0 Å². The van der Waals surface area contributed by atoms with Crippen LogP contribution < -0.4 is 0 Å². The third-order valence-electron chi connectivity index (χ3n) is 7.65. The highest BCUT2D eigenvalue weighted by atomic mass is 15.0. The fourth-order valence-corrected chi connectivity index (χ4v) is 5.42. The summed E-state index contributed by atoms with van der Waals surface area (Å²) in [4.78, 5) is 23.5. The fraction of sp³-hybridized carbons (Fsp3) is 0.143. The van der Waals surface area contributed by atoms with Crippen molar-refractivity contribution in [2.24, 2.45) is 5.92 Å². The van der Waals surface area contributed by atoms with Crippen LogP contribution in [0.2, 0.25) is 0 Å². The Morgan fingerprint density at radius 2 is 1.54 bits per heavy atom. The highest BCUT2D eigenvalue weighted by Crippen LogP contribution is 2.55. The first-order valence-electron chi connectivity index (χ1n) is 13.8. The minimum Gasteiger partial charge on any atom is -0.304 e. The average molecular weight is 533 g/mol. The lowest BCUT2D eigenvalue weighted by atomic mass is 9.99. The van der Waals surface area contributed by atoms with Crippen molar-refractivity contribution < 1.29 is 0 Å². The highest BCUT2D eigenvalue weighted by molar-refractivity contribution is 5.76. The molecule has 0 bridgehead atoms. The molecule has 0 spiro atoms. The van der Waals surface area contributed by atoms with E-state index in [0.29, 0.717) is 11.8 Å². The van der Waals surface area contributed by atoms with Crippen LogP contribution in [0.1, 0.15) is 42.0 Å². The van der Waals surface area contributed by atoms with Crippen LogP contribution in [0, 0.1) is 12.8 Å². The molecule has 5 aromatic heterocycles. The molecule has 0 aliphatic heterocycles. The van der Waals surface area contributed by atoms with E-state index in [1.54, 1.807) is 12.4 Å². The molecular formula is C35H28N6. The first-order chi connectivity index (χ1) is 20.2. The molecule has 2 unspecified atom stereocenters. The van der Waals surface area contributed by atoms with Crippen LogP contribution in [0.4, 0.5) is 0 Å². The molecule has 1 saturated carbocycles. The minimum absolute atomic E-state index is 0.526. The summed E-state index contributed by atoms with van der Waals surface area (Å²) in [6, 6.07) is 17.9. The van der Waals surface area contributed by atoms with Crippen molar-refractivity contribution in [3.05, 3.63) is 138 Å². The van der Waals surface area contributed by atoms with Crippen LogP contribution in [-0.4, -0.2) is 29.3 Å². The molecule has 6 nitrogen and oxygen atoms in total. The molecule has 5 heterocycles. The summed E-state index contributed by atoms with van der Waals surface area (Å²) in [6.45, 7) is 4.27. The summed E-state index contributed by atoms with van der Waals surface area (Å²) in [5.74, 6) is 1.18. The van der Waals surface area contributed by atoms with Gasteiger partial charge < -0.3 is 4.40 Å². The third-order valence-corrected chi connectivity index (χ3v) is 7.65. The molecule has 8 rings (SSSR count). The molecule has 2 atom stereocenters. The number of fused-ring (bicyclic) bond motifs is 4. The van der Waals surface area contributed by atoms with Gasteiger partial charge in [0.05, 0.1) is 28.5 Å². The number of pyridine rings is 3. The van der Waals surface area contributed by atoms with Gasteiger partial charge in [-0.05, 0) is 80.8 Å². The Hall–Kier alpha value is -5.19. The Morgan fingerprint density at radius 3 is 2.27 bits per heavy atom. The van der Waals surface area contributed by atoms with E-state index < -0.39 is 0 Å². The zero-order valence-electron chi connectivity index (χ0n) is 22.9. The summed E-state index contributed by atoms with van der Waals surface area (Å²) in [5.41, 5.74) is 14.2. The van der Waals surface area contributed by atoms with Crippen molar-refractivity contribution in [3.63, 3.8) is 0 Å². The van der Waals surface area contributed by atoms with E-state index in [0.717, 1.165) is 51.1 Å². The molecule has 198 valence electrons. The summed E-state index contributed by atoms with van der Waals surface area (Å²) >= 11 is 0. The van der Waals surface area contributed by atoms with Gasteiger partial charge in [0.2, 0.25) is 0 Å². The van der Waals surface area contributed by atoms with Gasteiger partial charge in [0, 0.05) is 35.8 Å². The van der Waals surface area contributed by atoms with Gasteiger partial charge in [0.15, 0.2) is 0 Å². The first kappa shape index (κ1) is 24.8. The molecule has 0 saturated heterocycles. The lowest BCUT2D eigenvalue weighted by Crippen LogP contribution is -2.07. The number of aryl methyl sites for hydroxylation is 1. The van der Waals surface area contributed by atoms with Gasteiger partial charge in [-0.3, -0.25) is 9.97 Å². The largest absolute Gasteiger partial charge is 0.304 e. The minimum atomic E-state index is 0.526. The molecule has 0 radical (unpaired) electrons. The van der Waals surface area contributed by atoms with E-state index in [4.69, 9.17) is 9.97 Å². The van der Waals surface area contributed by atoms with Crippen LogP contribution in [0.25, 0.3) is 40.1 Å². The second-order valence-corrected chi connectivity index (χ2v) is 10.4. The predicted octanol–water partition coefficient (Wildman–Crippen LogP) is 7.43. The van der Waals surface area contributed by atoms with E-state index in [2.05, 4.69) is 57.3 Å². The Kier molecular flexibility index (Phi) is 6.31. The van der Waals surface area contributed by atoms with Gasteiger partial charge in [-0.15, -0.1) is 5.73 Å². The van der Waals surface area contributed by atoms with Gasteiger partial charge in [-0.1, -0.05) is 42.0 Å². The number of rotatable bonds is 3. The standard InChI is InChI=1S/C20H16N4.C15H12N2/c1-12-10-17-18(14-11-13(12)14)24-20(16-7-3-5-9-22-16)19(23-17)15-6-2-4-8-21-15;1-12-7-6-10-15-16-14(11-17(12)15)13-8-4-2-3-5-9-13/h2-10,13-14H,11H2,1H3;2-8,10-11H,1H3. The van der Waals surface area contributed by atoms with Gasteiger partial charge in [-0.25, -0.2) is 15.0 Å². The van der Waals surface area contributed by atoms with Crippen LogP contribution in [0.3, 0.4) is 0 Å². The Morgan fingerprint density at radius 1 is 0.756 bits per heavy atom. The van der Waals surface area contributed by atoms with Gasteiger partial charge in [0.1, 0.15) is 17.0 Å². The van der Waals surface area contributed by atoms with Crippen molar-refractivity contribution in [2.45, 2.75) is 26.2 Å². The van der Waals surface area contributed by atoms with E-state index in [-0.39, 0.29) is 0 Å². The number of hydrogen-bond donors (Lipinski definition) is 0. The highest BCUT2D eigenvalue weighted by Gasteiger charge is 2.45. The van der Waals surface area contributed by atoms with Gasteiger partial charge >= 0.3 is 0 Å². The molecule has 0 N–H and O–H groups in total. The lowest BCUT2D eigenvalue weighted by molar-refractivity contribution is 0.874. The zero-order valence-corrected chi connectivity index (χ0v) is 22.9. The van der Waals surface area contributed by atoms with E-state index in [1.807, 2.05) is 78.9 Å². The van der Waals surface area contributed by atoms with Gasteiger partial charge in [-0.2, -0.15) is 0 Å². The second kappa shape index (κ2) is 10.4. The smallest absolute Gasteiger partial charge is 0.137 e. The molecular weight excluding hydrogens is 504 g/mol. The molecule has 0 aromatic carbocycles. The fourth-order valence-electron chi connectivity index (χ4n) is 5.42. The molecule has 41 heavy (non-hydrogen) atoms. The number of nitrogens with zero attached hydrogens (tertiary/aromatic N) is 6. The van der Waals surface area contributed by atoms with Crippen LogP contribution in [0.5, 0.6) is 0 Å². The first-order valence-corrected chi connectivity index (χ1v) is 13.8. The average Bonchev–Trinajstić information content (AvgIpc) is 3.77. The maximum Gasteiger partial charge on any atom is 0.137 e. The molecule has 3 aliphatic rings. The van der Waals surface area contributed by atoms with Crippen LogP contribution >= 0.6 is 0 Å².